The molecule has 0 spiro atoms. The van der Waals surface area contributed by atoms with Crippen LogP contribution in [0.1, 0.15) is 17.3 Å². The first-order valence-corrected chi connectivity index (χ1v) is 7.44. The zero-order chi connectivity index (χ0) is 18.0. The third-order valence-electron chi connectivity index (χ3n) is 3.53. The fourth-order valence-corrected chi connectivity index (χ4v) is 2.48. The molecule has 1 aromatic heterocycles. The van der Waals surface area contributed by atoms with Crippen molar-refractivity contribution in [2.45, 2.75) is 6.92 Å². The van der Waals surface area contributed by atoms with Gasteiger partial charge >= 0.3 is 0 Å². The topological polar surface area (TPSA) is 91.1 Å². The molecule has 3 N–H and O–H groups in total. The molecule has 0 radical (unpaired) electrons. The molecule has 0 saturated carbocycles. The molecule has 7 heteroatoms. The quantitative estimate of drug-likeness (QED) is 0.685. The Bertz CT molecular complexity index is 1040. The van der Waals surface area contributed by atoms with Crippen LogP contribution in [-0.4, -0.2) is 16.8 Å². The molecule has 0 aliphatic heterocycles. The molecule has 2 aromatic carbocycles. The van der Waals surface area contributed by atoms with E-state index in [2.05, 4.69) is 15.6 Å². The Hall–Kier alpha value is -3.48. The van der Waals surface area contributed by atoms with Gasteiger partial charge in [0.15, 0.2) is 0 Å². The Morgan fingerprint density at radius 2 is 1.80 bits per heavy atom. The third-order valence-corrected chi connectivity index (χ3v) is 3.53. The van der Waals surface area contributed by atoms with Crippen molar-refractivity contribution in [3.63, 3.8) is 0 Å². The Morgan fingerprint density at radius 1 is 1.04 bits per heavy atom. The highest BCUT2D eigenvalue weighted by Gasteiger charge is 2.13. The first-order valence-electron chi connectivity index (χ1n) is 7.44. The molecule has 2 amide bonds. The van der Waals surface area contributed by atoms with Gasteiger partial charge in [-0.1, -0.05) is 18.2 Å². The summed E-state index contributed by atoms with van der Waals surface area (Å²) >= 11 is 0. The van der Waals surface area contributed by atoms with Gasteiger partial charge in [-0.15, -0.1) is 0 Å². The molecule has 0 aliphatic rings. The number of halogens is 1. The maximum absolute atomic E-state index is 13.7. The van der Waals surface area contributed by atoms with Crippen molar-refractivity contribution in [3.05, 3.63) is 70.3 Å². The van der Waals surface area contributed by atoms with Crippen molar-refractivity contribution in [2.75, 3.05) is 10.6 Å². The van der Waals surface area contributed by atoms with Crippen LogP contribution in [0.2, 0.25) is 0 Å². The van der Waals surface area contributed by atoms with Gasteiger partial charge in [0.2, 0.25) is 11.5 Å². The molecule has 0 aliphatic carbocycles. The summed E-state index contributed by atoms with van der Waals surface area (Å²) in [5, 5.41) is 5.54. The number of carbonyl (C=O) groups is 2. The fourth-order valence-electron chi connectivity index (χ4n) is 2.48. The molecule has 0 saturated heterocycles. The van der Waals surface area contributed by atoms with E-state index in [0.29, 0.717) is 16.6 Å². The molecule has 3 aromatic rings. The van der Waals surface area contributed by atoms with Crippen molar-refractivity contribution in [1.82, 2.24) is 4.98 Å². The summed E-state index contributed by atoms with van der Waals surface area (Å²) in [6.07, 6.45) is 0. The number of H-pyrrole nitrogens is 1. The van der Waals surface area contributed by atoms with Crippen LogP contribution >= 0.6 is 0 Å². The van der Waals surface area contributed by atoms with Gasteiger partial charge in [0.05, 0.1) is 11.3 Å². The summed E-state index contributed by atoms with van der Waals surface area (Å²) in [5.41, 5.74) is 0.588. The van der Waals surface area contributed by atoms with E-state index in [4.69, 9.17) is 0 Å². The Morgan fingerprint density at radius 3 is 2.56 bits per heavy atom. The molecule has 0 bridgehead atoms. The van der Waals surface area contributed by atoms with Crippen molar-refractivity contribution in [1.29, 1.82) is 0 Å². The van der Waals surface area contributed by atoms with E-state index in [9.17, 15) is 18.8 Å². The number of benzene rings is 2. The maximum Gasteiger partial charge on any atom is 0.256 e. The van der Waals surface area contributed by atoms with Crippen LogP contribution in [0.15, 0.2) is 53.3 Å². The predicted molar refractivity (Wildman–Crippen MR) is 93.2 cm³/mol. The molecule has 1 heterocycles. The number of nitrogens with one attached hydrogen (secondary N) is 3. The first kappa shape index (κ1) is 16.4. The largest absolute Gasteiger partial charge is 0.324 e. The highest BCUT2D eigenvalue weighted by atomic mass is 19.1. The summed E-state index contributed by atoms with van der Waals surface area (Å²) in [7, 11) is 0. The lowest BCUT2D eigenvalue weighted by Crippen LogP contribution is -2.17. The third kappa shape index (κ3) is 3.55. The summed E-state index contributed by atoms with van der Waals surface area (Å²) < 4.78 is 13.7. The average Bonchev–Trinajstić information content (AvgIpc) is 2.56. The minimum absolute atomic E-state index is 0.0407. The molecule has 0 unspecified atom stereocenters. The summed E-state index contributed by atoms with van der Waals surface area (Å²) in [4.78, 5) is 38.1. The minimum atomic E-state index is -0.616. The van der Waals surface area contributed by atoms with Crippen LogP contribution in [-0.2, 0) is 4.79 Å². The Kier molecular flexibility index (Phi) is 4.30. The van der Waals surface area contributed by atoms with Crippen molar-refractivity contribution >= 4 is 34.1 Å². The smallest absolute Gasteiger partial charge is 0.256 e. The van der Waals surface area contributed by atoms with E-state index >= 15 is 0 Å². The summed E-state index contributed by atoms with van der Waals surface area (Å²) in [5.74, 6) is -1.56. The predicted octanol–water partition coefficient (Wildman–Crippen LogP) is 2.88. The van der Waals surface area contributed by atoms with Gasteiger partial charge < -0.3 is 15.6 Å². The van der Waals surface area contributed by atoms with Gasteiger partial charge in [-0.25, -0.2) is 4.39 Å². The van der Waals surface area contributed by atoms with Gasteiger partial charge in [-0.05, 0) is 24.3 Å². The van der Waals surface area contributed by atoms with E-state index in [1.54, 1.807) is 24.3 Å². The number of carbonyl (C=O) groups excluding carboxylic acids is 2. The fraction of sp³-hybridized carbons (Fsp3) is 0.0556. The summed E-state index contributed by atoms with van der Waals surface area (Å²) in [6, 6.07) is 11.9. The lowest BCUT2D eigenvalue weighted by molar-refractivity contribution is -0.114. The van der Waals surface area contributed by atoms with E-state index in [1.165, 1.54) is 25.1 Å². The number of para-hydroxylation sites is 1. The number of rotatable bonds is 3. The number of aromatic amines is 1. The van der Waals surface area contributed by atoms with Crippen LogP contribution in [0.5, 0.6) is 0 Å². The molecule has 25 heavy (non-hydrogen) atoms. The van der Waals surface area contributed by atoms with Gasteiger partial charge in [0.1, 0.15) is 5.82 Å². The van der Waals surface area contributed by atoms with E-state index < -0.39 is 23.2 Å². The van der Waals surface area contributed by atoms with E-state index in [-0.39, 0.29) is 11.3 Å². The number of fused-ring (bicyclic) bond motifs is 1. The number of hydrogen-bond donors (Lipinski definition) is 3. The molecule has 0 atom stereocenters. The second kappa shape index (κ2) is 6.56. The van der Waals surface area contributed by atoms with Crippen molar-refractivity contribution < 1.29 is 14.0 Å². The van der Waals surface area contributed by atoms with Crippen LogP contribution < -0.4 is 16.2 Å². The van der Waals surface area contributed by atoms with E-state index in [0.717, 1.165) is 6.07 Å². The van der Waals surface area contributed by atoms with Crippen LogP contribution in [0.25, 0.3) is 10.9 Å². The molecule has 0 fully saturated rings. The van der Waals surface area contributed by atoms with Crippen molar-refractivity contribution in [3.8, 4) is 0 Å². The SMILES string of the molecule is CC(=O)Nc1cc(NC(=O)c2cc(=O)[nH]c3ccccc23)ccc1F. The monoisotopic (exact) mass is 339 g/mol. The number of amides is 2. The lowest BCUT2D eigenvalue weighted by Gasteiger charge is -2.10. The van der Waals surface area contributed by atoms with E-state index in [1.807, 2.05) is 0 Å². The van der Waals surface area contributed by atoms with Gasteiger partial charge in [0, 0.05) is 29.6 Å². The zero-order valence-electron chi connectivity index (χ0n) is 13.2. The van der Waals surface area contributed by atoms with Crippen LogP contribution in [0.3, 0.4) is 0 Å². The first-order chi connectivity index (χ1) is 11.9. The number of pyridine rings is 1. The molecular formula is C18H14FN3O3. The highest BCUT2D eigenvalue weighted by molar-refractivity contribution is 6.12. The molecule has 3 rings (SSSR count). The highest BCUT2D eigenvalue weighted by Crippen LogP contribution is 2.21. The Labute approximate surface area is 141 Å². The molecule has 126 valence electrons. The average molecular weight is 339 g/mol. The normalized spacial score (nSPS) is 10.5. The van der Waals surface area contributed by atoms with Crippen LogP contribution in [0.4, 0.5) is 15.8 Å². The maximum atomic E-state index is 13.7. The Balaban J connectivity index is 1.96. The number of anilines is 2. The summed E-state index contributed by atoms with van der Waals surface area (Å²) in [6.45, 7) is 1.26. The number of aromatic nitrogens is 1. The number of hydrogen-bond acceptors (Lipinski definition) is 3. The van der Waals surface area contributed by atoms with Gasteiger partial charge in [-0.2, -0.15) is 0 Å². The van der Waals surface area contributed by atoms with Gasteiger partial charge in [-0.3, -0.25) is 14.4 Å². The zero-order valence-corrected chi connectivity index (χ0v) is 13.2. The standard InChI is InChI=1S/C18H14FN3O3/c1-10(23)20-16-8-11(6-7-14(16)19)21-18(25)13-9-17(24)22-15-5-3-2-4-12(13)15/h2-9H,1H3,(H,20,23)(H,21,25)(H,22,24). The molecule has 6 nitrogen and oxygen atoms in total. The van der Waals surface area contributed by atoms with Crippen LogP contribution in [0, 0.1) is 5.82 Å². The van der Waals surface area contributed by atoms with Crippen molar-refractivity contribution in [2.24, 2.45) is 0 Å². The van der Waals surface area contributed by atoms with Gasteiger partial charge in [0.25, 0.3) is 5.91 Å². The minimum Gasteiger partial charge on any atom is -0.324 e. The second-order valence-electron chi connectivity index (χ2n) is 5.42. The molecular weight excluding hydrogens is 325 g/mol. The second-order valence-corrected chi connectivity index (χ2v) is 5.42. The lowest BCUT2D eigenvalue weighted by atomic mass is 10.1.